The first-order valence-corrected chi connectivity index (χ1v) is 17.0. The lowest BCUT2D eigenvalue weighted by atomic mass is 9.53. The number of carbonyl (C=O) groups is 1. The molecule has 1 amide bonds. The van der Waals surface area contributed by atoms with E-state index in [4.69, 9.17) is 4.52 Å². The minimum Gasteiger partial charge on any atom is -0.390 e. The molecule has 0 aliphatic heterocycles. The molecule has 2 bridgehead atoms. The molecule has 11 heteroatoms. The first-order chi connectivity index (χ1) is 21.8. The second-order valence-electron chi connectivity index (χ2n) is 16.1. The fourth-order valence-corrected chi connectivity index (χ4v) is 8.41. The van der Waals surface area contributed by atoms with Crippen molar-refractivity contribution in [1.29, 1.82) is 0 Å². The van der Waals surface area contributed by atoms with Gasteiger partial charge in [-0.2, -0.15) is 18.2 Å². The van der Waals surface area contributed by atoms with Crippen LogP contribution in [-0.4, -0.2) is 50.2 Å². The molecular formula is C36H47F4N3O4. The Morgan fingerprint density at radius 1 is 1.04 bits per heavy atom. The average Bonchev–Trinajstić information content (AvgIpc) is 3.52. The van der Waals surface area contributed by atoms with Gasteiger partial charge < -0.3 is 19.6 Å². The summed E-state index contributed by atoms with van der Waals surface area (Å²) in [5, 5.41) is 24.7. The summed E-state index contributed by atoms with van der Waals surface area (Å²) >= 11 is 0. The van der Waals surface area contributed by atoms with Gasteiger partial charge in [0.1, 0.15) is 0 Å². The number of hydrogen-bond donors (Lipinski definition) is 2. The number of allylic oxidation sites excluding steroid dienone is 2. The van der Waals surface area contributed by atoms with Crippen molar-refractivity contribution in [2.75, 3.05) is 11.4 Å². The van der Waals surface area contributed by atoms with Gasteiger partial charge in [0.15, 0.2) is 17.1 Å². The van der Waals surface area contributed by atoms with Gasteiger partial charge in [-0.25, -0.2) is 4.39 Å². The summed E-state index contributed by atoms with van der Waals surface area (Å²) in [5.41, 5.74) is -2.83. The number of carbonyl (C=O) groups excluding carboxylic acids is 1. The number of amides is 1. The van der Waals surface area contributed by atoms with Crippen LogP contribution in [0.2, 0.25) is 0 Å². The zero-order valence-corrected chi connectivity index (χ0v) is 27.8. The number of halogens is 4. The van der Waals surface area contributed by atoms with E-state index in [1.54, 1.807) is 4.90 Å². The molecule has 2 N–H and O–H groups in total. The van der Waals surface area contributed by atoms with Crippen LogP contribution in [-0.2, 0) is 15.9 Å². The monoisotopic (exact) mass is 661 g/mol. The molecule has 5 aliphatic rings. The van der Waals surface area contributed by atoms with Crippen molar-refractivity contribution in [2.45, 2.75) is 133 Å². The van der Waals surface area contributed by atoms with E-state index in [1.165, 1.54) is 13.8 Å². The van der Waals surface area contributed by atoms with Crippen LogP contribution in [0.1, 0.15) is 122 Å². The van der Waals surface area contributed by atoms with E-state index in [0.717, 1.165) is 68.9 Å². The summed E-state index contributed by atoms with van der Waals surface area (Å²) in [7, 11) is 0. The number of benzene rings is 1. The molecule has 2 aromatic rings. The van der Waals surface area contributed by atoms with E-state index in [-0.39, 0.29) is 35.0 Å². The minimum atomic E-state index is -4.71. The van der Waals surface area contributed by atoms with Crippen LogP contribution in [0.4, 0.5) is 23.2 Å². The van der Waals surface area contributed by atoms with Gasteiger partial charge in [0, 0.05) is 24.1 Å². The van der Waals surface area contributed by atoms with Gasteiger partial charge in [-0.15, -0.1) is 0 Å². The number of rotatable bonds is 9. The van der Waals surface area contributed by atoms with Crippen LogP contribution < -0.4 is 4.90 Å². The molecule has 1 aromatic heterocycles. The van der Waals surface area contributed by atoms with Gasteiger partial charge in [0.25, 0.3) is 5.89 Å². The van der Waals surface area contributed by atoms with Crippen molar-refractivity contribution in [1.82, 2.24) is 10.1 Å². The SMILES string of the molecule is CC(C)(F)c1nc(C23CCC(CN(C(=O)CC4CC(O)(C(F)(F)F)C4)c4cccc(C5=CCC(C(C)(C)O)CC5)c4)(CC2)CC3)no1. The van der Waals surface area contributed by atoms with Crippen LogP contribution in [0.25, 0.3) is 5.57 Å². The fourth-order valence-electron chi connectivity index (χ4n) is 8.41. The lowest BCUT2D eigenvalue weighted by Gasteiger charge is -2.53. The Labute approximate surface area is 273 Å². The first kappa shape index (κ1) is 34.1. The second kappa shape index (κ2) is 11.7. The number of aromatic nitrogens is 2. The molecule has 1 atom stereocenters. The normalized spacial score (nSPS) is 31.3. The number of alkyl halides is 4. The van der Waals surface area contributed by atoms with Crippen LogP contribution in [0.3, 0.4) is 0 Å². The summed E-state index contributed by atoms with van der Waals surface area (Å²) in [6, 6.07) is 7.84. The van der Waals surface area contributed by atoms with Gasteiger partial charge in [0.05, 0.1) is 5.60 Å². The number of nitrogens with zero attached hydrogens (tertiary/aromatic N) is 3. The Hall–Kier alpha value is -2.79. The molecule has 0 radical (unpaired) electrons. The molecular weight excluding hydrogens is 614 g/mol. The maximum Gasteiger partial charge on any atom is 0.417 e. The standard InChI is InChI=1S/C36H47F4N3O4/c1-31(2,37)30-41-29(42-47-30)34-15-12-33(13-16-34,14-17-34)22-43(28(44)18-23-20-35(46,21-23)36(38,39)40)27-7-5-6-25(19-27)24-8-10-26(11-9-24)32(3,4)45/h5-8,19,23,26,45-46H,9-18,20-22H2,1-4H3. The second-order valence-corrected chi connectivity index (χ2v) is 16.1. The summed E-state index contributed by atoms with van der Waals surface area (Å²) in [4.78, 5) is 20.2. The fraction of sp³-hybridized carbons (Fsp3) is 0.694. The zero-order chi connectivity index (χ0) is 34.0. The summed E-state index contributed by atoms with van der Waals surface area (Å²) in [6.45, 7) is 6.89. The third kappa shape index (κ3) is 6.63. The Bertz CT molecular complexity index is 1490. The molecule has 258 valence electrons. The van der Waals surface area contributed by atoms with E-state index in [2.05, 4.69) is 16.2 Å². The van der Waals surface area contributed by atoms with Crippen molar-refractivity contribution in [3.05, 3.63) is 47.6 Å². The van der Waals surface area contributed by atoms with Gasteiger partial charge in [-0.05, 0) is 139 Å². The van der Waals surface area contributed by atoms with Crippen LogP contribution in [0.15, 0.2) is 34.9 Å². The quantitative estimate of drug-likeness (QED) is 0.265. The van der Waals surface area contributed by atoms with E-state index in [9.17, 15) is 32.6 Å². The van der Waals surface area contributed by atoms with Crippen molar-refractivity contribution in [3.63, 3.8) is 0 Å². The van der Waals surface area contributed by atoms with Gasteiger partial charge in [-0.1, -0.05) is 23.4 Å². The summed E-state index contributed by atoms with van der Waals surface area (Å²) in [5.74, 6) is -0.105. The highest BCUT2D eigenvalue weighted by Crippen LogP contribution is 2.58. The van der Waals surface area contributed by atoms with Gasteiger partial charge in [0.2, 0.25) is 5.91 Å². The number of hydrogen-bond acceptors (Lipinski definition) is 6. The zero-order valence-electron chi connectivity index (χ0n) is 27.8. The molecule has 1 aromatic carbocycles. The highest BCUT2D eigenvalue weighted by Gasteiger charge is 2.61. The lowest BCUT2D eigenvalue weighted by Crippen LogP contribution is -2.56. The van der Waals surface area contributed by atoms with Crippen LogP contribution in [0.5, 0.6) is 0 Å². The smallest absolute Gasteiger partial charge is 0.390 e. The molecule has 4 saturated carbocycles. The molecule has 0 saturated heterocycles. The summed E-state index contributed by atoms with van der Waals surface area (Å²) < 4.78 is 59.8. The molecule has 4 fully saturated rings. The molecule has 5 aliphatic carbocycles. The van der Waals surface area contributed by atoms with Crippen molar-refractivity contribution in [3.8, 4) is 0 Å². The first-order valence-electron chi connectivity index (χ1n) is 17.0. The molecule has 47 heavy (non-hydrogen) atoms. The molecule has 1 heterocycles. The Kier molecular flexibility index (Phi) is 8.47. The Morgan fingerprint density at radius 2 is 1.70 bits per heavy atom. The van der Waals surface area contributed by atoms with Crippen molar-refractivity contribution in [2.24, 2.45) is 17.3 Å². The molecule has 7 nitrogen and oxygen atoms in total. The predicted octanol–water partition coefficient (Wildman–Crippen LogP) is 7.95. The Balaban J connectivity index is 1.22. The van der Waals surface area contributed by atoms with E-state index in [0.29, 0.717) is 18.1 Å². The number of aliphatic hydroxyl groups is 2. The molecule has 1 unspecified atom stereocenters. The topological polar surface area (TPSA) is 99.7 Å². The number of fused-ring (bicyclic) bond motifs is 3. The van der Waals surface area contributed by atoms with Crippen LogP contribution in [0, 0.1) is 17.3 Å². The molecule has 7 rings (SSSR count). The minimum absolute atomic E-state index is 0.0296. The third-order valence-corrected chi connectivity index (χ3v) is 11.8. The molecule has 0 spiro atoms. The number of anilines is 1. The van der Waals surface area contributed by atoms with Crippen molar-refractivity contribution < 1.29 is 37.1 Å². The van der Waals surface area contributed by atoms with Gasteiger partial charge >= 0.3 is 6.18 Å². The highest BCUT2D eigenvalue weighted by molar-refractivity contribution is 5.94. The Morgan fingerprint density at radius 3 is 2.23 bits per heavy atom. The summed E-state index contributed by atoms with van der Waals surface area (Å²) in [6.07, 6.45) is 3.59. The van der Waals surface area contributed by atoms with E-state index >= 15 is 0 Å². The lowest BCUT2D eigenvalue weighted by molar-refractivity contribution is -0.298. The average molecular weight is 662 g/mol. The largest absolute Gasteiger partial charge is 0.417 e. The maximum absolute atomic E-state index is 14.5. The van der Waals surface area contributed by atoms with Crippen molar-refractivity contribution >= 4 is 17.2 Å². The van der Waals surface area contributed by atoms with Crippen LogP contribution >= 0.6 is 0 Å². The van der Waals surface area contributed by atoms with Gasteiger partial charge in [-0.3, -0.25) is 4.79 Å². The maximum atomic E-state index is 14.5. The third-order valence-electron chi connectivity index (χ3n) is 11.8. The van der Waals surface area contributed by atoms with E-state index in [1.807, 2.05) is 38.1 Å². The van der Waals surface area contributed by atoms with E-state index < -0.39 is 41.8 Å². The highest BCUT2D eigenvalue weighted by atomic mass is 19.4. The predicted molar refractivity (Wildman–Crippen MR) is 169 cm³/mol.